The maximum Gasteiger partial charge on any atom is 0.240 e. The first-order chi connectivity index (χ1) is 13.0. The van der Waals surface area contributed by atoms with Gasteiger partial charge in [-0.05, 0) is 42.3 Å². The van der Waals surface area contributed by atoms with Crippen molar-refractivity contribution in [3.63, 3.8) is 0 Å². The molecule has 10 heteroatoms. The standard InChI is InChI=1S/C18H27N5O3S2/c1-5-23-15(21-22-17(23)27)12-19-16(24)10-11-20-28(25,26)14-8-6-13(7-9-14)18(2,3)4/h6-9,20H,5,10-12H2,1-4H3,(H,19,24)(H,22,27). The highest BCUT2D eigenvalue weighted by Crippen LogP contribution is 2.23. The lowest BCUT2D eigenvalue weighted by atomic mass is 9.87. The Bertz CT molecular complexity index is 970. The highest BCUT2D eigenvalue weighted by atomic mass is 32.2. The SMILES string of the molecule is CCn1c(CNC(=O)CCNS(=O)(=O)c2ccc(C(C)(C)C)cc2)n[nH]c1=S. The van der Waals surface area contributed by atoms with Gasteiger partial charge in [-0.3, -0.25) is 9.89 Å². The van der Waals surface area contributed by atoms with E-state index in [0.29, 0.717) is 17.1 Å². The summed E-state index contributed by atoms with van der Waals surface area (Å²) in [6.45, 7) is 9.00. The number of nitrogens with one attached hydrogen (secondary N) is 3. The van der Waals surface area contributed by atoms with E-state index in [1.54, 1.807) is 16.7 Å². The maximum atomic E-state index is 12.4. The number of sulfonamides is 1. The predicted molar refractivity (Wildman–Crippen MR) is 110 cm³/mol. The first-order valence-corrected chi connectivity index (χ1v) is 10.9. The second-order valence-corrected chi connectivity index (χ2v) is 9.54. The number of aromatic amines is 1. The van der Waals surface area contributed by atoms with Gasteiger partial charge in [-0.1, -0.05) is 32.9 Å². The van der Waals surface area contributed by atoms with Gasteiger partial charge in [-0.15, -0.1) is 0 Å². The molecule has 1 aromatic heterocycles. The molecule has 8 nitrogen and oxygen atoms in total. The fourth-order valence-electron chi connectivity index (χ4n) is 2.59. The normalized spacial score (nSPS) is 12.1. The topological polar surface area (TPSA) is 109 Å². The molecule has 0 aliphatic rings. The molecule has 154 valence electrons. The van der Waals surface area contributed by atoms with Crippen LogP contribution in [0.25, 0.3) is 0 Å². The fourth-order valence-corrected chi connectivity index (χ4v) is 3.91. The van der Waals surface area contributed by atoms with E-state index in [4.69, 9.17) is 12.2 Å². The summed E-state index contributed by atoms with van der Waals surface area (Å²) in [4.78, 5) is 12.2. The summed E-state index contributed by atoms with van der Waals surface area (Å²) in [6, 6.07) is 6.77. The third-order valence-corrected chi connectivity index (χ3v) is 6.06. The van der Waals surface area contributed by atoms with Crippen molar-refractivity contribution in [1.29, 1.82) is 0 Å². The van der Waals surface area contributed by atoms with Crippen molar-refractivity contribution >= 4 is 28.1 Å². The lowest BCUT2D eigenvalue weighted by molar-refractivity contribution is -0.121. The molecule has 0 atom stereocenters. The number of aromatic nitrogens is 3. The van der Waals surface area contributed by atoms with Gasteiger partial charge >= 0.3 is 0 Å². The lowest BCUT2D eigenvalue weighted by Crippen LogP contribution is -2.31. The van der Waals surface area contributed by atoms with Crippen LogP contribution in [0.1, 0.15) is 45.5 Å². The summed E-state index contributed by atoms with van der Waals surface area (Å²) in [5.41, 5.74) is 1.00. The molecular weight excluding hydrogens is 398 g/mol. The quantitative estimate of drug-likeness (QED) is 0.562. The Hall–Kier alpha value is -2.04. The van der Waals surface area contributed by atoms with E-state index >= 15 is 0 Å². The third kappa shape index (κ3) is 5.73. The van der Waals surface area contributed by atoms with Gasteiger partial charge in [0, 0.05) is 19.5 Å². The molecule has 0 saturated carbocycles. The highest BCUT2D eigenvalue weighted by Gasteiger charge is 2.17. The van der Waals surface area contributed by atoms with E-state index in [2.05, 4.69) is 41.0 Å². The number of hydrogen-bond donors (Lipinski definition) is 3. The smallest absolute Gasteiger partial charge is 0.240 e. The Labute approximate surface area is 170 Å². The Morgan fingerprint density at radius 3 is 2.46 bits per heavy atom. The predicted octanol–water partition coefficient (Wildman–Crippen LogP) is 2.24. The van der Waals surface area contributed by atoms with Crippen LogP contribution >= 0.6 is 12.2 Å². The van der Waals surface area contributed by atoms with E-state index in [1.807, 2.05) is 19.1 Å². The monoisotopic (exact) mass is 425 g/mol. The molecule has 0 aliphatic heterocycles. The molecule has 0 radical (unpaired) electrons. The van der Waals surface area contributed by atoms with Crippen molar-refractivity contribution in [2.24, 2.45) is 0 Å². The molecule has 28 heavy (non-hydrogen) atoms. The van der Waals surface area contributed by atoms with Crippen LogP contribution in [0, 0.1) is 4.77 Å². The number of nitrogens with zero attached hydrogens (tertiary/aromatic N) is 2. The molecule has 1 heterocycles. The van der Waals surface area contributed by atoms with Crippen LogP contribution in [0.3, 0.4) is 0 Å². The zero-order chi connectivity index (χ0) is 20.9. The molecule has 1 amide bonds. The number of amides is 1. The first kappa shape index (κ1) is 22.3. The zero-order valence-corrected chi connectivity index (χ0v) is 18.2. The van der Waals surface area contributed by atoms with Crippen molar-refractivity contribution in [2.45, 2.75) is 57.5 Å². The summed E-state index contributed by atoms with van der Waals surface area (Å²) >= 11 is 5.09. The van der Waals surface area contributed by atoms with Crippen molar-refractivity contribution in [3.8, 4) is 0 Å². The molecule has 0 unspecified atom stereocenters. The van der Waals surface area contributed by atoms with Crippen LogP contribution in [-0.2, 0) is 33.3 Å². The van der Waals surface area contributed by atoms with E-state index in [9.17, 15) is 13.2 Å². The number of benzene rings is 1. The van der Waals surface area contributed by atoms with Gasteiger partial charge in [0.2, 0.25) is 15.9 Å². The second-order valence-electron chi connectivity index (χ2n) is 7.39. The van der Waals surface area contributed by atoms with Crippen molar-refractivity contribution in [2.75, 3.05) is 6.54 Å². The molecule has 3 N–H and O–H groups in total. The number of rotatable bonds is 8. The minimum atomic E-state index is -3.66. The Balaban J connectivity index is 1.86. The lowest BCUT2D eigenvalue weighted by Gasteiger charge is -2.19. The van der Waals surface area contributed by atoms with Gasteiger partial charge in [-0.25, -0.2) is 13.1 Å². The van der Waals surface area contributed by atoms with Crippen LogP contribution in [-0.4, -0.2) is 35.6 Å². The van der Waals surface area contributed by atoms with E-state index in [-0.39, 0.29) is 35.7 Å². The first-order valence-electron chi connectivity index (χ1n) is 9.05. The van der Waals surface area contributed by atoms with Gasteiger partial charge in [0.1, 0.15) is 0 Å². The Morgan fingerprint density at radius 2 is 1.89 bits per heavy atom. The van der Waals surface area contributed by atoms with Crippen molar-refractivity contribution in [1.82, 2.24) is 24.8 Å². The second kappa shape index (κ2) is 8.97. The molecule has 0 spiro atoms. The summed E-state index contributed by atoms with van der Waals surface area (Å²) in [7, 11) is -3.66. The zero-order valence-electron chi connectivity index (χ0n) is 16.6. The molecule has 0 aliphatic carbocycles. The van der Waals surface area contributed by atoms with Gasteiger partial charge < -0.3 is 9.88 Å². The molecule has 1 aromatic carbocycles. The van der Waals surface area contributed by atoms with Crippen LogP contribution < -0.4 is 10.0 Å². The fraction of sp³-hybridized carbons (Fsp3) is 0.500. The van der Waals surface area contributed by atoms with E-state index < -0.39 is 10.0 Å². The maximum absolute atomic E-state index is 12.4. The average Bonchev–Trinajstić information content (AvgIpc) is 2.99. The minimum absolute atomic E-state index is 0.00974. The van der Waals surface area contributed by atoms with Crippen LogP contribution in [0.15, 0.2) is 29.2 Å². The van der Waals surface area contributed by atoms with Gasteiger partial charge in [0.25, 0.3) is 0 Å². The molecule has 0 saturated heterocycles. The van der Waals surface area contributed by atoms with Crippen LogP contribution in [0.5, 0.6) is 0 Å². The number of hydrogen-bond acceptors (Lipinski definition) is 5. The average molecular weight is 426 g/mol. The molecule has 0 fully saturated rings. The summed E-state index contributed by atoms with van der Waals surface area (Å²) < 4.78 is 29.5. The van der Waals surface area contributed by atoms with E-state index in [0.717, 1.165) is 5.56 Å². The Morgan fingerprint density at radius 1 is 1.25 bits per heavy atom. The Kier molecular flexibility index (Phi) is 7.13. The third-order valence-electron chi connectivity index (χ3n) is 4.27. The van der Waals surface area contributed by atoms with Crippen LogP contribution in [0.2, 0.25) is 0 Å². The van der Waals surface area contributed by atoms with Gasteiger partial charge in [0.15, 0.2) is 10.6 Å². The van der Waals surface area contributed by atoms with Crippen molar-refractivity contribution in [3.05, 3.63) is 40.4 Å². The van der Waals surface area contributed by atoms with Gasteiger partial charge in [-0.2, -0.15) is 5.10 Å². The molecule has 2 rings (SSSR count). The molecule has 0 bridgehead atoms. The van der Waals surface area contributed by atoms with Gasteiger partial charge in [0.05, 0.1) is 11.4 Å². The number of carbonyl (C=O) groups excluding carboxylic acids is 1. The summed E-state index contributed by atoms with van der Waals surface area (Å²) in [5, 5.41) is 9.45. The number of H-pyrrole nitrogens is 1. The largest absolute Gasteiger partial charge is 0.349 e. The van der Waals surface area contributed by atoms with Crippen molar-refractivity contribution < 1.29 is 13.2 Å². The summed E-state index contributed by atoms with van der Waals surface area (Å²) in [6.07, 6.45) is 0.0244. The minimum Gasteiger partial charge on any atom is -0.349 e. The highest BCUT2D eigenvalue weighted by molar-refractivity contribution is 7.89. The molecule has 2 aromatic rings. The molecular formula is C18H27N5O3S2. The number of carbonyl (C=O) groups is 1. The summed E-state index contributed by atoms with van der Waals surface area (Å²) in [5.74, 6) is 0.350. The van der Waals surface area contributed by atoms with E-state index in [1.165, 1.54) is 0 Å². The van der Waals surface area contributed by atoms with Crippen LogP contribution in [0.4, 0.5) is 0 Å².